The summed E-state index contributed by atoms with van der Waals surface area (Å²) in [5, 5.41) is 0.275. The molecule has 0 unspecified atom stereocenters. The molecule has 23 heavy (non-hydrogen) atoms. The van der Waals surface area contributed by atoms with Gasteiger partial charge >= 0.3 is 0 Å². The number of halogens is 2. The molecule has 0 radical (unpaired) electrons. The molecule has 2 aromatic heterocycles. The Morgan fingerprint density at radius 2 is 2.30 bits per heavy atom. The summed E-state index contributed by atoms with van der Waals surface area (Å²) in [5.41, 5.74) is 0. The van der Waals surface area contributed by atoms with E-state index in [4.69, 9.17) is 21.1 Å². The maximum Gasteiger partial charge on any atom is 0.167 e. The highest BCUT2D eigenvalue weighted by molar-refractivity contribution is 6.30. The molecule has 3 rings (SSSR count). The number of rotatable bonds is 5. The highest BCUT2D eigenvalue weighted by Crippen LogP contribution is 2.29. The SMILES string of the molecule is CO[C@@H]1C[C@@H](COc2cccnc2)N(c2ncc(Cl)cc2F)C1. The molecule has 7 heteroatoms. The summed E-state index contributed by atoms with van der Waals surface area (Å²) in [6, 6.07) is 4.87. The molecule has 3 heterocycles. The van der Waals surface area contributed by atoms with Gasteiger partial charge in [0.15, 0.2) is 11.6 Å². The number of hydrogen-bond acceptors (Lipinski definition) is 5. The first-order valence-corrected chi connectivity index (χ1v) is 7.68. The molecule has 0 saturated carbocycles. The lowest BCUT2D eigenvalue weighted by atomic mass is 10.2. The third-order valence-corrected chi connectivity index (χ3v) is 4.05. The van der Waals surface area contributed by atoms with Crippen LogP contribution in [-0.4, -0.2) is 42.4 Å². The van der Waals surface area contributed by atoms with E-state index >= 15 is 0 Å². The van der Waals surface area contributed by atoms with Crippen molar-refractivity contribution >= 4 is 17.4 Å². The highest BCUT2D eigenvalue weighted by Gasteiger charge is 2.35. The zero-order valence-corrected chi connectivity index (χ0v) is 13.4. The third-order valence-electron chi connectivity index (χ3n) is 3.85. The second-order valence-corrected chi connectivity index (χ2v) is 5.79. The van der Waals surface area contributed by atoms with Crippen molar-refractivity contribution < 1.29 is 13.9 Å². The van der Waals surface area contributed by atoms with Gasteiger partial charge in [0, 0.05) is 26.0 Å². The van der Waals surface area contributed by atoms with Crippen molar-refractivity contribution in [1.29, 1.82) is 0 Å². The maximum absolute atomic E-state index is 14.2. The molecule has 1 aliphatic rings. The molecule has 0 aromatic carbocycles. The molecule has 5 nitrogen and oxygen atoms in total. The lowest BCUT2D eigenvalue weighted by Crippen LogP contribution is -2.35. The zero-order chi connectivity index (χ0) is 16.2. The molecule has 1 aliphatic heterocycles. The van der Waals surface area contributed by atoms with Crippen molar-refractivity contribution in [2.45, 2.75) is 18.6 Å². The molecule has 0 aliphatic carbocycles. The minimum Gasteiger partial charge on any atom is -0.490 e. The molecule has 0 N–H and O–H groups in total. The van der Waals surface area contributed by atoms with Crippen LogP contribution in [0.1, 0.15) is 6.42 Å². The average molecular weight is 338 g/mol. The number of methoxy groups -OCH3 is 1. The zero-order valence-electron chi connectivity index (χ0n) is 12.7. The first kappa shape index (κ1) is 16.0. The summed E-state index contributed by atoms with van der Waals surface area (Å²) in [4.78, 5) is 10.0. The van der Waals surface area contributed by atoms with Crippen molar-refractivity contribution in [3.63, 3.8) is 0 Å². The van der Waals surface area contributed by atoms with Gasteiger partial charge in [-0.1, -0.05) is 11.6 Å². The van der Waals surface area contributed by atoms with Crippen molar-refractivity contribution in [2.75, 3.05) is 25.2 Å². The van der Waals surface area contributed by atoms with Crippen LogP contribution in [0.15, 0.2) is 36.8 Å². The summed E-state index contributed by atoms with van der Waals surface area (Å²) >= 11 is 5.78. The van der Waals surface area contributed by atoms with Gasteiger partial charge in [-0.05, 0) is 24.6 Å². The summed E-state index contributed by atoms with van der Waals surface area (Å²) in [6.45, 7) is 0.957. The summed E-state index contributed by atoms with van der Waals surface area (Å²) < 4.78 is 25.4. The number of nitrogens with zero attached hydrogens (tertiary/aromatic N) is 3. The Balaban J connectivity index is 1.76. The van der Waals surface area contributed by atoms with E-state index in [1.807, 2.05) is 11.0 Å². The Kier molecular flexibility index (Phi) is 4.93. The molecule has 1 saturated heterocycles. The fraction of sp³-hybridized carbons (Fsp3) is 0.375. The van der Waals surface area contributed by atoms with Crippen LogP contribution < -0.4 is 9.64 Å². The van der Waals surface area contributed by atoms with Gasteiger partial charge in [-0.3, -0.25) is 4.98 Å². The van der Waals surface area contributed by atoms with Crippen LogP contribution in [0.2, 0.25) is 5.02 Å². The maximum atomic E-state index is 14.2. The Labute approximate surface area is 139 Å². The smallest absolute Gasteiger partial charge is 0.167 e. The van der Waals surface area contributed by atoms with Gasteiger partial charge in [0.2, 0.25) is 0 Å². The van der Waals surface area contributed by atoms with Gasteiger partial charge in [-0.2, -0.15) is 0 Å². The van der Waals surface area contributed by atoms with E-state index in [0.29, 0.717) is 18.9 Å². The Morgan fingerprint density at radius 1 is 1.43 bits per heavy atom. The third kappa shape index (κ3) is 3.71. The van der Waals surface area contributed by atoms with E-state index in [9.17, 15) is 4.39 Å². The van der Waals surface area contributed by atoms with E-state index in [1.165, 1.54) is 12.3 Å². The van der Waals surface area contributed by atoms with Crippen LogP contribution in [0.3, 0.4) is 0 Å². The predicted octanol–water partition coefficient (Wildman–Crippen LogP) is 2.94. The van der Waals surface area contributed by atoms with Crippen LogP contribution in [0.5, 0.6) is 5.75 Å². The van der Waals surface area contributed by atoms with E-state index < -0.39 is 5.82 Å². The molecule has 122 valence electrons. The van der Waals surface area contributed by atoms with E-state index in [1.54, 1.807) is 25.6 Å². The van der Waals surface area contributed by atoms with Crippen LogP contribution in [0.4, 0.5) is 10.2 Å². The monoisotopic (exact) mass is 337 g/mol. The minimum absolute atomic E-state index is 0.00868. The molecule has 0 bridgehead atoms. The molecular weight excluding hydrogens is 321 g/mol. The van der Waals surface area contributed by atoms with Crippen molar-refractivity contribution in [1.82, 2.24) is 9.97 Å². The van der Waals surface area contributed by atoms with Crippen molar-refractivity contribution in [3.05, 3.63) is 47.6 Å². The fourth-order valence-corrected chi connectivity index (χ4v) is 2.85. The number of pyridine rings is 2. The van der Waals surface area contributed by atoms with Crippen LogP contribution in [0.25, 0.3) is 0 Å². The van der Waals surface area contributed by atoms with Gasteiger partial charge in [-0.15, -0.1) is 0 Å². The Hall–Kier alpha value is -1.92. The second-order valence-electron chi connectivity index (χ2n) is 5.36. The van der Waals surface area contributed by atoms with E-state index in [0.717, 1.165) is 6.42 Å². The van der Waals surface area contributed by atoms with Gasteiger partial charge in [0.25, 0.3) is 0 Å². The van der Waals surface area contributed by atoms with Crippen molar-refractivity contribution in [3.8, 4) is 5.75 Å². The van der Waals surface area contributed by atoms with Gasteiger partial charge in [-0.25, -0.2) is 9.37 Å². The van der Waals surface area contributed by atoms with Gasteiger partial charge < -0.3 is 14.4 Å². The Morgan fingerprint density at radius 3 is 3.00 bits per heavy atom. The molecule has 2 atom stereocenters. The average Bonchev–Trinajstić information content (AvgIpc) is 2.97. The summed E-state index contributed by atoms with van der Waals surface area (Å²) in [7, 11) is 1.65. The topological polar surface area (TPSA) is 47.5 Å². The molecule has 1 fully saturated rings. The normalized spacial score (nSPS) is 20.7. The lowest BCUT2D eigenvalue weighted by Gasteiger charge is -2.25. The number of ether oxygens (including phenoxy) is 2. The fourth-order valence-electron chi connectivity index (χ4n) is 2.71. The van der Waals surface area contributed by atoms with Gasteiger partial charge in [0.05, 0.1) is 23.4 Å². The minimum atomic E-state index is -0.444. The van der Waals surface area contributed by atoms with E-state index in [-0.39, 0.29) is 23.0 Å². The quantitative estimate of drug-likeness (QED) is 0.839. The standard InChI is InChI=1S/C16H17ClFN3O2/c1-22-14-6-12(10-23-13-3-2-4-19-8-13)21(9-14)16-15(18)5-11(17)7-20-16/h2-5,7-8,12,14H,6,9-10H2,1H3/t12-,14+/m0/s1. The van der Waals surface area contributed by atoms with Crippen LogP contribution >= 0.6 is 11.6 Å². The lowest BCUT2D eigenvalue weighted by molar-refractivity contribution is 0.115. The summed E-state index contributed by atoms with van der Waals surface area (Å²) in [6.07, 6.45) is 5.52. The largest absolute Gasteiger partial charge is 0.490 e. The molecule has 0 amide bonds. The Bertz CT molecular complexity index is 659. The first-order chi connectivity index (χ1) is 11.2. The van der Waals surface area contributed by atoms with E-state index in [2.05, 4.69) is 9.97 Å². The number of anilines is 1. The summed E-state index contributed by atoms with van der Waals surface area (Å²) in [5.74, 6) is 0.507. The van der Waals surface area contributed by atoms with Gasteiger partial charge in [0.1, 0.15) is 12.4 Å². The molecule has 2 aromatic rings. The molecule has 0 spiro atoms. The number of hydrogen-bond donors (Lipinski definition) is 0. The number of aromatic nitrogens is 2. The molecular formula is C16H17ClFN3O2. The van der Waals surface area contributed by atoms with Crippen molar-refractivity contribution in [2.24, 2.45) is 0 Å². The van der Waals surface area contributed by atoms with Crippen LogP contribution in [0, 0.1) is 5.82 Å². The highest BCUT2D eigenvalue weighted by atomic mass is 35.5. The van der Waals surface area contributed by atoms with Crippen LogP contribution in [-0.2, 0) is 4.74 Å². The second kappa shape index (κ2) is 7.10. The first-order valence-electron chi connectivity index (χ1n) is 7.30. The predicted molar refractivity (Wildman–Crippen MR) is 85.5 cm³/mol.